The number of amides is 1. The van der Waals surface area contributed by atoms with Crippen LogP contribution in [0.25, 0.3) is 0 Å². The molecular formula is C18H27NO. The van der Waals surface area contributed by atoms with E-state index in [1.807, 2.05) is 6.07 Å². The van der Waals surface area contributed by atoms with Crippen molar-refractivity contribution in [3.05, 3.63) is 35.9 Å². The third-order valence-electron chi connectivity index (χ3n) is 4.72. The van der Waals surface area contributed by atoms with Crippen LogP contribution in [0.4, 0.5) is 0 Å². The van der Waals surface area contributed by atoms with Crippen LogP contribution in [0.5, 0.6) is 0 Å². The molecule has 2 heteroatoms. The van der Waals surface area contributed by atoms with Gasteiger partial charge in [-0.1, -0.05) is 44.2 Å². The molecule has 0 heterocycles. The maximum atomic E-state index is 12.8. The van der Waals surface area contributed by atoms with E-state index in [1.54, 1.807) is 0 Å². The molecule has 110 valence electrons. The Kier molecular flexibility index (Phi) is 4.85. The van der Waals surface area contributed by atoms with Crippen molar-refractivity contribution >= 4 is 5.91 Å². The van der Waals surface area contributed by atoms with Gasteiger partial charge in [0, 0.05) is 18.0 Å². The molecule has 0 radical (unpaired) electrons. The van der Waals surface area contributed by atoms with Crippen molar-refractivity contribution in [2.75, 3.05) is 0 Å². The largest absolute Gasteiger partial charge is 0.337 e. The first kappa shape index (κ1) is 15.1. The zero-order chi connectivity index (χ0) is 14.7. The van der Waals surface area contributed by atoms with Crippen LogP contribution in [0, 0.1) is 5.92 Å². The lowest BCUT2D eigenvalue weighted by atomic mass is 10.1. The van der Waals surface area contributed by atoms with Crippen molar-refractivity contribution < 1.29 is 4.79 Å². The predicted octanol–water partition coefficient (Wildman–Crippen LogP) is 4.22. The van der Waals surface area contributed by atoms with E-state index in [2.05, 4.69) is 56.9 Å². The molecule has 0 unspecified atom stereocenters. The monoisotopic (exact) mass is 273 g/mol. The number of carbonyl (C=O) groups excluding carboxylic acids is 1. The molecule has 1 fully saturated rings. The molecule has 1 aliphatic rings. The minimum atomic E-state index is 0.209. The quantitative estimate of drug-likeness (QED) is 0.760. The lowest BCUT2D eigenvalue weighted by Crippen LogP contribution is -2.45. The van der Waals surface area contributed by atoms with E-state index in [-0.39, 0.29) is 5.92 Å². The molecule has 0 bridgehead atoms. The van der Waals surface area contributed by atoms with E-state index in [4.69, 9.17) is 0 Å². The average molecular weight is 273 g/mol. The van der Waals surface area contributed by atoms with Crippen molar-refractivity contribution in [3.8, 4) is 0 Å². The number of nitrogens with zero attached hydrogens (tertiary/aromatic N) is 1. The summed E-state index contributed by atoms with van der Waals surface area (Å²) < 4.78 is 0. The van der Waals surface area contributed by atoms with Gasteiger partial charge in [-0.15, -0.1) is 0 Å². The summed E-state index contributed by atoms with van der Waals surface area (Å²) >= 11 is 0. The fraction of sp³-hybridized carbons (Fsp3) is 0.611. The Balaban J connectivity index is 2.07. The van der Waals surface area contributed by atoms with Crippen molar-refractivity contribution in [1.82, 2.24) is 4.90 Å². The molecule has 2 nitrogen and oxygen atoms in total. The topological polar surface area (TPSA) is 20.3 Å². The van der Waals surface area contributed by atoms with Crippen LogP contribution in [0.15, 0.2) is 30.3 Å². The summed E-state index contributed by atoms with van der Waals surface area (Å²) in [6.07, 6.45) is 3.07. The van der Waals surface area contributed by atoms with E-state index < -0.39 is 0 Å². The van der Waals surface area contributed by atoms with Gasteiger partial charge in [0.2, 0.25) is 5.91 Å². The van der Waals surface area contributed by atoms with E-state index in [0.29, 0.717) is 23.9 Å². The van der Waals surface area contributed by atoms with Gasteiger partial charge in [0.15, 0.2) is 0 Å². The number of benzene rings is 1. The summed E-state index contributed by atoms with van der Waals surface area (Å²) in [5.41, 5.74) is 1.32. The normalized spacial score (nSPS) is 24.0. The predicted molar refractivity (Wildman–Crippen MR) is 83.6 cm³/mol. The highest BCUT2D eigenvalue weighted by molar-refractivity contribution is 5.83. The highest BCUT2D eigenvalue weighted by Crippen LogP contribution is 2.48. The van der Waals surface area contributed by atoms with Gasteiger partial charge in [0.25, 0.3) is 0 Å². The lowest BCUT2D eigenvalue weighted by Gasteiger charge is -2.34. The van der Waals surface area contributed by atoms with Gasteiger partial charge >= 0.3 is 0 Å². The van der Waals surface area contributed by atoms with E-state index >= 15 is 0 Å². The third-order valence-corrected chi connectivity index (χ3v) is 4.72. The second kappa shape index (κ2) is 6.43. The first-order chi connectivity index (χ1) is 9.60. The molecule has 1 aliphatic carbocycles. The summed E-state index contributed by atoms with van der Waals surface area (Å²) in [6.45, 7) is 8.66. The number of hydrogen-bond donors (Lipinski definition) is 0. The molecule has 0 N–H and O–H groups in total. The van der Waals surface area contributed by atoms with Crippen LogP contribution >= 0.6 is 0 Å². The van der Waals surface area contributed by atoms with E-state index in [9.17, 15) is 4.79 Å². The molecule has 0 aromatic heterocycles. The van der Waals surface area contributed by atoms with Crippen LogP contribution in [-0.4, -0.2) is 22.9 Å². The Labute approximate surface area is 123 Å². The van der Waals surface area contributed by atoms with Crippen LogP contribution in [-0.2, 0) is 4.79 Å². The Hall–Kier alpha value is -1.31. The zero-order valence-electron chi connectivity index (χ0n) is 13.2. The molecule has 4 atom stereocenters. The lowest BCUT2D eigenvalue weighted by molar-refractivity contribution is -0.137. The summed E-state index contributed by atoms with van der Waals surface area (Å²) in [7, 11) is 0. The molecule has 0 saturated heterocycles. The van der Waals surface area contributed by atoms with Gasteiger partial charge in [-0.25, -0.2) is 0 Å². The molecule has 1 aromatic carbocycles. The molecular weight excluding hydrogens is 246 g/mol. The van der Waals surface area contributed by atoms with Gasteiger partial charge in [-0.3, -0.25) is 4.79 Å². The first-order valence-corrected chi connectivity index (χ1v) is 7.97. The first-order valence-electron chi connectivity index (χ1n) is 7.97. The van der Waals surface area contributed by atoms with Crippen LogP contribution in [0.1, 0.15) is 58.4 Å². The second-order valence-electron chi connectivity index (χ2n) is 6.12. The molecule has 2 rings (SSSR count). The average Bonchev–Trinajstić information content (AvgIpc) is 3.28. The van der Waals surface area contributed by atoms with Crippen LogP contribution in [0.2, 0.25) is 0 Å². The highest BCUT2D eigenvalue weighted by Gasteiger charge is 2.46. The number of rotatable bonds is 6. The van der Waals surface area contributed by atoms with Gasteiger partial charge < -0.3 is 4.90 Å². The van der Waals surface area contributed by atoms with Crippen molar-refractivity contribution in [2.45, 2.75) is 65.0 Å². The minimum absolute atomic E-state index is 0.209. The smallest absolute Gasteiger partial charge is 0.226 e. The minimum Gasteiger partial charge on any atom is -0.337 e. The van der Waals surface area contributed by atoms with Gasteiger partial charge in [-0.05, 0) is 44.6 Å². The van der Waals surface area contributed by atoms with Crippen molar-refractivity contribution in [2.24, 2.45) is 5.92 Å². The molecule has 0 spiro atoms. The summed E-state index contributed by atoms with van der Waals surface area (Å²) in [5, 5.41) is 0. The van der Waals surface area contributed by atoms with Crippen molar-refractivity contribution in [1.29, 1.82) is 0 Å². The molecule has 1 saturated carbocycles. The maximum Gasteiger partial charge on any atom is 0.226 e. The molecule has 20 heavy (non-hydrogen) atoms. The Bertz CT molecular complexity index is 432. The summed E-state index contributed by atoms with van der Waals surface area (Å²) in [4.78, 5) is 14.9. The van der Waals surface area contributed by atoms with E-state index in [0.717, 1.165) is 19.3 Å². The standard InChI is InChI=1S/C18H27NO/c1-5-13(3)19(14(4)6-2)18(20)17-12-16(17)15-10-8-7-9-11-15/h7-11,13-14,16-17H,5-6,12H2,1-4H3/t13-,14+,16-,17+/m0/s1. The molecule has 1 amide bonds. The Morgan fingerprint density at radius 1 is 1.15 bits per heavy atom. The zero-order valence-corrected chi connectivity index (χ0v) is 13.2. The number of hydrogen-bond acceptors (Lipinski definition) is 1. The molecule has 0 aliphatic heterocycles. The van der Waals surface area contributed by atoms with Crippen LogP contribution in [0.3, 0.4) is 0 Å². The number of carbonyl (C=O) groups is 1. The van der Waals surface area contributed by atoms with Gasteiger partial charge in [0.05, 0.1) is 0 Å². The Morgan fingerprint density at radius 2 is 1.70 bits per heavy atom. The SMILES string of the molecule is CC[C@@H](C)N(C(=O)[C@@H]1C[C@H]1c1ccccc1)[C@@H](C)CC. The third kappa shape index (κ3) is 3.05. The summed E-state index contributed by atoms with van der Waals surface area (Å²) in [5.74, 6) is 1.02. The molecule has 1 aromatic rings. The fourth-order valence-electron chi connectivity index (χ4n) is 2.99. The van der Waals surface area contributed by atoms with Crippen molar-refractivity contribution in [3.63, 3.8) is 0 Å². The van der Waals surface area contributed by atoms with Crippen LogP contribution < -0.4 is 0 Å². The second-order valence-corrected chi connectivity index (χ2v) is 6.12. The van der Waals surface area contributed by atoms with Gasteiger partial charge in [0.1, 0.15) is 0 Å². The highest BCUT2D eigenvalue weighted by atomic mass is 16.2. The summed E-state index contributed by atoms with van der Waals surface area (Å²) in [6, 6.07) is 11.1. The maximum absolute atomic E-state index is 12.8. The Morgan fingerprint density at radius 3 is 2.20 bits per heavy atom. The van der Waals surface area contributed by atoms with Gasteiger partial charge in [-0.2, -0.15) is 0 Å². The van der Waals surface area contributed by atoms with E-state index in [1.165, 1.54) is 5.56 Å². The fourth-order valence-corrected chi connectivity index (χ4v) is 2.99.